The Morgan fingerprint density at radius 2 is 2.15 bits per heavy atom. The number of anilines is 1. The van der Waals surface area contributed by atoms with E-state index in [0.29, 0.717) is 0 Å². The van der Waals surface area contributed by atoms with Gasteiger partial charge in [0.05, 0.1) is 0 Å². The Kier molecular flexibility index (Phi) is 3.51. The zero-order valence-electron chi connectivity index (χ0n) is 12.3. The minimum absolute atomic E-state index is 0.819. The maximum atomic E-state index is 7.55. The SMILES string of the molecule is CN/C=C(\C=N)c1ccc2c(c1)CC(C1CC1)CN2C. The van der Waals surface area contributed by atoms with Gasteiger partial charge in [0, 0.05) is 44.3 Å². The van der Waals surface area contributed by atoms with Gasteiger partial charge in [0.1, 0.15) is 0 Å². The molecule has 0 amide bonds. The smallest absolute Gasteiger partial charge is 0.0396 e. The third kappa shape index (κ3) is 2.45. The molecule has 1 aliphatic carbocycles. The Hall–Kier alpha value is -1.77. The topological polar surface area (TPSA) is 39.1 Å². The van der Waals surface area contributed by atoms with E-state index in [1.807, 2.05) is 13.2 Å². The molecule has 3 heteroatoms. The predicted octanol–water partition coefficient (Wildman–Crippen LogP) is 2.91. The highest BCUT2D eigenvalue weighted by molar-refractivity contribution is 6.08. The van der Waals surface area contributed by atoms with Crippen molar-refractivity contribution < 1.29 is 0 Å². The summed E-state index contributed by atoms with van der Waals surface area (Å²) in [7, 11) is 4.08. The fourth-order valence-electron chi connectivity index (χ4n) is 3.35. The van der Waals surface area contributed by atoms with Gasteiger partial charge in [0.25, 0.3) is 0 Å². The highest BCUT2D eigenvalue weighted by Gasteiger charge is 2.35. The first-order valence-electron chi connectivity index (χ1n) is 7.45. The minimum atomic E-state index is 0.819. The van der Waals surface area contributed by atoms with Crippen molar-refractivity contribution in [1.29, 1.82) is 5.41 Å². The summed E-state index contributed by atoms with van der Waals surface area (Å²) in [4.78, 5) is 2.40. The molecule has 106 valence electrons. The lowest BCUT2D eigenvalue weighted by Gasteiger charge is -2.34. The zero-order chi connectivity index (χ0) is 14.1. The average molecular weight is 269 g/mol. The monoisotopic (exact) mass is 269 g/mol. The lowest BCUT2D eigenvalue weighted by Crippen LogP contribution is -2.33. The van der Waals surface area contributed by atoms with Crippen LogP contribution < -0.4 is 10.2 Å². The second kappa shape index (κ2) is 5.31. The number of nitrogens with one attached hydrogen (secondary N) is 2. The molecular formula is C17H23N3. The Labute approximate surface area is 121 Å². The summed E-state index contributed by atoms with van der Waals surface area (Å²) in [6.07, 6.45) is 7.34. The molecule has 1 aromatic carbocycles. The molecule has 1 unspecified atom stereocenters. The molecule has 20 heavy (non-hydrogen) atoms. The number of allylic oxidation sites excluding steroid dienone is 1. The van der Waals surface area contributed by atoms with Crippen LogP contribution in [0.1, 0.15) is 24.0 Å². The highest BCUT2D eigenvalue weighted by Crippen LogP contribution is 2.43. The van der Waals surface area contributed by atoms with Crippen molar-refractivity contribution in [2.75, 3.05) is 25.5 Å². The quantitative estimate of drug-likeness (QED) is 0.825. The first-order valence-corrected chi connectivity index (χ1v) is 7.45. The fourth-order valence-corrected chi connectivity index (χ4v) is 3.35. The van der Waals surface area contributed by atoms with E-state index >= 15 is 0 Å². The number of nitrogens with zero attached hydrogens (tertiary/aromatic N) is 1. The molecule has 2 aliphatic rings. The van der Waals surface area contributed by atoms with Crippen LogP contribution in [0.25, 0.3) is 5.57 Å². The van der Waals surface area contributed by atoms with E-state index in [0.717, 1.165) is 23.0 Å². The molecule has 1 aliphatic heterocycles. The van der Waals surface area contributed by atoms with Gasteiger partial charge >= 0.3 is 0 Å². The Morgan fingerprint density at radius 3 is 2.80 bits per heavy atom. The molecule has 1 heterocycles. The van der Waals surface area contributed by atoms with Gasteiger partial charge in [-0.2, -0.15) is 0 Å². The van der Waals surface area contributed by atoms with Gasteiger partial charge < -0.3 is 15.6 Å². The Bertz CT molecular complexity index is 543. The van der Waals surface area contributed by atoms with Gasteiger partial charge in [-0.05, 0) is 54.4 Å². The van der Waals surface area contributed by atoms with Crippen LogP contribution in [0.3, 0.4) is 0 Å². The number of hydrogen-bond donors (Lipinski definition) is 2. The Morgan fingerprint density at radius 1 is 1.35 bits per heavy atom. The van der Waals surface area contributed by atoms with Gasteiger partial charge in [-0.3, -0.25) is 0 Å². The lowest BCUT2D eigenvalue weighted by molar-refractivity contribution is 0.446. The van der Waals surface area contributed by atoms with E-state index in [4.69, 9.17) is 5.41 Å². The second-order valence-corrected chi connectivity index (χ2v) is 6.06. The van der Waals surface area contributed by atoms with Crippen molar-refractivity contribution in [2.45, 2.75) is 19.3 Å². The van der Waals surface area contributed by atoms with Crippen molar-refractivity contribution in [3.63, 3.8) is 0 Å². The number of benzene rings is 1. The number of hydrogen-bond acceptors (Lipinski definition) is 3. The summed E-state index contributed by atoms with van der Waals surface area (Å²) in [6.45, 7) is 1.20. The molecule has 1 saturated carbocycles. The second-order valence-electron chi connectivity index (χ2n) is 6.06. The summed E-state index contributed by atoms with van der Waals surface area (Å²) in [5.74, 6) is 1.77. The summed E-state index contributed by atoms with van der Waals surface area (Å²) < 4.78 is 0. The van der Waals surface area contributed by atoms with Crippen LogP contribution in [-0.4, -0.2) is 26.9 Å². The van der Waals surface area contributed by atoms with Crippen LogP contribution in [0.5, 0.6) is 0 Å². The normalized spacial score (nSPS) is 22.4. The molecule has 0 aromatic heterocycles. The van der Waals surface area contributed by atoms with Gasteiger partial charge in [-0.1, -0.05) is 6.07 Å². The van der Waals surface area contributed by atoms with E-state index < -0.39 is 0 Å². The molecule has 0 radical (unpaired) electrons. The van der Waals surface area contributed by atoms with E-state index in [2.05, 4.69) is 35.5 Å². The summed E-state index contributed by atoms with van der Waals surface area (Å²) >= 11 is 0. The fraction of sp³-hybridized carbons (Fsp3) is 0.471. The van der Waals surface area contributed by atoms with E-state index in [-0.39, 0.29) is 0 Å². The first kappa shape index (κ1) is 13.2. The molecule has 2 N–H and O–H groups in total. The van der Waals surface area contributed by atoms with Gasteiger partial charge in [-0.15, -0.1) is 0 Å². The molecule has 3 nitrogen and oxygen atoms in total. The average Bonchev–Trinajstić information content (AvgIpc) is 3.28. The lowest BCUT2D eigenvalue weighted by atomic mass is 9.88. The number of rotatable bonds is 4. The maximum Gasteiger partial charge on any atom is 0.0396 e. The summed E-state index contributed by atoms with van der Waals surface area (Å²) in [6, 6.07) is 6.61. The van der Waals surface area contributed by atoms with Gasteiger partial charge in [0.15, 0.2) is 0 Å². The molecule has 0 bridgehead atoms. The van der Waals surface area contributed by atoms with Crippen LogP contribution in [0.2, 0.25) is 0 Å². The van der Waals surface area contributed by atoms with E-state index in [1.165, 1.54) is 43.3 Å². The van der Waals surface area contributed by atoms with Gasteiger partial charge in [-0.25, -0.2) is 0 Å². The third-order valence-electron chi connectivity index (χ3n) is 4.56. The molecular weight excluding hydrogens is 246 g/mol. The van der Waals surface area contributed by atoms with Crippen LogP contribution in [-0.2, 0) is 6.42 Å². The van der Waals surface area contributed by atoms with Crippen molar-refractivity contribution in [3.05, 3.63) is 35.5 Å². The molecule has 0 spiro atoms. The molecule has 3 rings (SSSR count). The Balaban J connectivity index is 1.92. The summed E-state index contributed by atoms with van der Waals surface area (Å²) in [5.41, 5.74) is 4.88. The van der Waals surface area contributed by atoms with Crippen LogP contribution in [0, 0.1) is 17.2 Å². The predicted molar refractivity (Wildman–Crippen MR) is 85.5 cm³/mol. The van der Waals surface area contributed by atoms with Crippen LogP contribution >= 0.6 is 0 Å². The molecule has 1 atom stereocenters. The summed E-state index contributed by atoms with van der Waals surface area (Å²) in [5, 5.41) is 10.6. The largest absolute Gasteiger partial charge is 0.393 e. The van der Waals surface area contributed by atoms with Gasteiger partial charge in [0.2, 0.25) is 0 Å². The van der Waals surface area contributed by atoms with Crippen molar-refractivity contribution in [2.24, 2.45) is 11.8 Å². The van der Waals surface area contributed by atoms with Crippen LogP contribution in [0.15, 0.2) is 24.4 Å². The first-order chi connectivity index (χ1) is 9.72. The standard InChI is InChI=1S/C17H23N3/c1-19-10-16(9-18)13-5-6-17-14(7-13)8-15(11-20(17)2)12-3-4-12/h5-7,9-10,12,15,18-19H,3-4,8,11H2,1-2H3/b16-10+,18-9?. The van der Waals surface area contributed by atoms with Crippen molar-refractivity contribution in [3.8, 4) is 0 Å². The van der Waals surface area contributed by atoms with E-state index in [1.54, 1.807) is 0 Å². The van der Waals surface area contributed by atoms with Crippen LogP contribution in [0.4, 0.5) is 5.69 Å². The molecule has 1 fully saturated rings. The highest BCUT2D eigenvalue weighted by atomic mass is 15.1. The minimum Gasteiger partial charge on any atom is -0.393 e. The third-order valence-corrected chi connectivity index (χ3v) is 4.56. The molecule has 1 aromatic rings. The zero-order valence-corrected chi connectivity index (χ0v) is 12.3. The van der Waals surface area contributed by atoms with Crippen molar-refractivity contribution >= 4 is 17.5 Å². The van der Waals surface area contributed by atoms with E-state index in [9.17, 15) is 0 Å². The maximum absolute atomic E-state index is 7.55. The molecule has 0 saturated heterocycles. The van der Waals surface area contributed by atoms with Crippen molar-refractivity contribution in [1.82, 2.24) is 5.32 Å². The number of fused-ring (bicyclic) bond motifs is 1.